The first-order chi connectivity index (χ1) is 9.09. The summed E-state index contributed by atoms with van der Waals surface area (Å²) in [6, 6.07) is 1.54. The second-order valence-corrected chi connectivity index (χ2v) is 5.66. The Labute approximate surface area is 118 Å². The molecule has 1 heterocycles. The van der Waals surface area contributed by atoms with Crippen LogP contribution in [0.3, 0.4) is 0 Å². The standard InChI is InChI=1S/C14H20N2O2S/c1-9-7-8-18-12(9)14(17)16-11(13(15)19)10-5-3-2-4-6-10/h7-8,10-11H,2-6H2,1H3,(H2,15,19)(H,16,17). The number of furan rings is 1. The Morgan fingerprint density at radius 3 is 2.68 bits per heavy atom. The number of amides is 1. The molecule has 1 aromatic heterocycles. The van der Waals surface area contributed by atoms with Crippen molar-refractivity contribution in [3.05, 3.63) is 23.7 Å². The van der Waals surface area contributed by atoms with Crippen molar-refractivity contribution in [2.45, 2.75) is 45.1 Å². The monoisotopic (exact) mass is 280 g/mol. The van der Waals surface area contributed by atoms with Gasteiger partial charge in [0, 0.05) is 5.56 Å². The first-order valence-corrected chi connectivity index (χ1v) is 7.14. The van der Waals surface area contributed by atoms with Crippen LogP contribution in [0.25, 0.3) is 0 Å². The molecule has 5 heteroatoms. The molecule has 1 aromatic rings. The van der Waals surface area contributed by atoms with Crippen molar-refractivity contribution in [2.24, 2.45) is 11.7 Å². The van der Waals surface area contributed by atoms with Crippen molar-refractivity contribution in [3.8, 4) is 0 Å². The van der Waals surface area contributed by atoms with E-state index in [1.165, 1.54) is 25.5 Å². The quantitative estimate of drug-likeness (QED) is 0.832. The van der Waals surface area contributed by atoms with Crippen molar-refractivity contribution in [1.82, 2.24) is 5.32 Å². The number of hydrogen-bond acceptors (Lipinski definition) is 3. The highest BCUT2D eigenvalue weighted by Crippen LogP contribution is 2.27. The van der Waals surface area contributed by atoms with E-state index in [9.17, 15) is 4.79 Å². The van der Waals surface area contributed by atoms with E-state index in [0.717, 1.165) is 18.4 Å². The van der Waals surface area contributed by atoms with E-state index < -0.39 is 0 Å². The van der Waals surface area contributed by atoms with Crippen LogP contribution in [-0.2, 0) is 0 Å². The molecule has 104 valence electrons. The molecule has 0 spiro atoms. The number of aryl methyl sites for hydroxylation is 1. The predicted molar refractivity (Wildman–Crippen MR) is 78.1 cm³/mol. The highest BCUT2D eigenvalue weighted by molar-refractivity contribution is 7.80. The zero-order chi connectivity index (χ0) is 13.8. The molecule has 0 bridgehead atoms. The van der Waals surface area contributed by atoms with Gasteiger partial charge in [0.15, 0.2) is 5.76 Å². The Morgan fingerprint density at radius 2 is 2.16 bits per heavy atom. The van der Waals surface area contributed by atoms with Crippen LogP contribution in [0.2, 0.25) is 0 Å². The lowest BCUT2D eigenvalue weighted by atomic mass is 9.84. The van der Waals surface area contributed by atoms with Crippen molar-refractivity contribution < 1.29 is 9.21 Å². The third kappa shape index (κ3) is 3.35. The van der Waals surface area contributed by atoms with Gasteiger partial charge in [0.05, 0.1) is 17.3 Å². The van der Waals surface area contributed by atoms with Gasteiger partial charge in [0.25, 0.3) is 5.91 Å². The maximum absolute atomic E-state index is 12.2. The molecule has 0 aliphatic heterocycles. The molecular weight excluding hydrogens is 260 g/mol. The van der Waals surface area contributed by atoms with Gasteiger partial charge in [-0.05, 0) is 31.7 Å². The lowest BCUT2D eigenvalue weighted by molar-refractivity contribution is 0.0903. The van der Waals surface area contributed by atoms with Crippen molar-refractivity contribution in [2.75, 3.05) is 0 Å². The maximum Gasteiger partial charge on any atom is 0.287 e. The number of thiocarbonyl (C=S) groups is 1. The van der Waals surface area contributed by atoms with E-state index in [4.69, 9.17) is 22.4 Å². The molecule has 1 amide bonds. The molecule has 0 saturated heterocycles. The summed E-state index contributed by atoms with van der Waals surface area (Å²) in [5, 5.41) is 2.93. The highest BCUT2D eigenvalue weighted by Gasteiger charge is 2.28. The Hall–Kier alpha value is -1.36. The fourth-order valence-corrected chi connectivity index (χ4v) is 2.95. The van der Waals surface area contributed by atoms with E-state index in [-0.39, 0.29) is 11.9 Å². The SMILES string of the molecule is Cc1ccoc1C(=O)NC(C(N)=S)C1CCCCC1. The van der Waals surface area contributed by atoms with Gasteiger partial charge in [-0.1, -0.05) is 31.5 Å². The summed E-state index contributed by atoms with van der Waals surface area (Å²) in [7, 11) is 0. The molecule has 1 unspecified atom stereocenters. The van der Waals surface area contributed by atoms with Crippen molar-refractivity contribution >= 4 is 23.1 Å². The fraction of sp³-hybridized carbons (Fsp3) is 0.571. The maximum atomic E-state index is 12.2. The number of carbonyl (C=O) groups is 1. The zero-order valence-electron chi connectivity index (χ0n) is 11.1. The van der Waals surface area contributed by atoms with Crippen LogP contribution in [-0.4, -0.2) is 16.9 Å². The van der Waals surface area contributed by atoms with E-state index in [1.807, 2.05) is 6.92 Å². The van der Waals surface area contributed by atoms with Crippen LogP contribution in [0.1, 0.15) is 48.2 Å². The number of carbonyl (C=O) groups excluding carboxylic acids is 1. The minimum atomic E-state index is -0.231. The first-order valence-electron chi connectivity index (χ1n) is 6.74. The summed E-state index contributed by atoms with van der Waals surface area (Å²) in [5.41, 5.74) is 6.62. The summed E-state index contributed by atoms with van der Waals surface area (Å²) in [6.45, 7) is 1.84. The minimum Gasteiger partial charge on any atom is -0.459 e. The first kappa shape index (κ1) is 14.1. The Balaban J connectivity index is 2.06. The topological polar surface area (TPSA) is 68.3 Å². The van der Waals surface area contributed by atoms with E-state index in [1.54, 1.807) is 6.07 Å². The molecule has 0 aromatic carbocycles. The molecule has 0 radical (unpaired) electrons. The van der Waals surface area contributed by atoms with Crippen LogP contribution in [0.5, 0.6) is 0 Å². The van der Waals surface area contributed by atoms with Gasteiger partial charge in [0.2, 0.25) is 0 Å². The molecule has 3 N–H and O–H groups in total. The van der Waals surface area contributed by atoms with E-state index in [0.29, 0.717) is 16.7 Å². The van der Waals surface area contributed by atoms with Crippen molar-refractivity contribution in [1.29, 1.82) is 0 Å². The average Bonchev–Trinajstić information content (AvgIpc) is 2.82. The zero-order valence-corrected chi connectivity index (χ0v) is 12.0. The molecular formula is C14H20N2O2S. The molecule has 2 rings (SSSR count). The summed E-state index contributed by atoms with van der Waals surface area (Å²) in [6.07, 6.45) is 7.27. The Kier molecular flexibility index (Phi) is 4.58. The minimum absolute atomic E-state index is 0.229. The number of hydrogen-bond donors (Lipinski definition) is 2. The van der Waals surface area contributed by atoms with Crippen molar-refractivity contribution in [3.63, 3.8) is 0 Å². The second kappa shape index (κ2) is 6.19. The van der Waals surface area contributed by atoms with Gasteiger partial charge in [-0.25, -0.2) is 0 Å². The summed E-state index contributed by atoms with van der Waals surface area (Å²) < 4.78 is 5.20. The van der Waals surface area contributed by atoms with E-state index in [2.05, 4.69) is 5.32 Å². The van der Waals surface area contributed by atoms with Gasteiger partial charge in [0.1, 0.15) is 0 Å². The van der Waals surface area contributed by atoms with Gasteiger partial charge >= 0.3 is 0 Å². The number of nitrogens with two attached hydrogens (primary N) is 1. The molecule has 1 atom stereocenters. The molecule has 1 saturated carbocycles. The van der Waals surface area contributed by atoms with Crippen LogP contribution >= 0.6 is 12.2 Å². The molecule has 1 fully saturated rings. The molecule has 4 nitrogen and oxygen atoms in total. The van der Waals surface area contributed by atoms with Crippen LogP contribution < -0.4 is 11.1 Å². The lowest BCUT2D eigenvalue weighted by Crippen LogP contribution is -2.48. The number of rotatable bonds is 4. The smallest absolute Gasteiger partial charge is 0.287 e. The summed E-state index contributed by atoms with van der Waals surface area (Å²) >= 11 is 5.11. The Morgan fingerprint density at radius 1 is 1.47 bits per heavy atom. The van der Waals surface area contributed by atoms with Gasteiger partial charge < -0.3 is 15.5 Å². The van der Waals surface area contributed by atoms with Crippen LogP contribution in [0, 0.1) is 12.8 Å². The highest BCUT2D eigenvalue weighted by atomic mass is 32.1. The third-order valence-electron chi connectivity index (χ3n) is 3.78. The van der Waals surface area contributed by atoms with Gasteiger partial charge in [-0.2, -0.15) is 0 Å². The normalized spacial score (nSPS) is 17.9. The fourth-order valence-electron chi connectivity index (χ4n) is 2.70. The predicted octanol–water partition coefficient (Wildman–Crippen LogP) is 2.55. The lowest BCUT2D eigenvalue weighted by Gasteiger charge is -2.29. The largest absolute Gasteiger partial charge is 0.459 e. The molecule has 1 aliphatic carbocycles. The average molecular weight is 280 g/mol. The second-order valence-electron chi connectivity index (χ2n) is 5.18. The summed E-state index contributed by atoms with van der Waals surface area (Å²) in [5.74, 6) is 0.466. The third-order valence-corrected chi connectivity index (χ3v) is 4.04. The molecule has 19 heavy (non-hydrogen) atoms. The number of nitrogens with one attached hydrogen (secondary N) is 1. The van der Waals surface area contributed by atoms with E-state index >= 15 is 0 Å². The van der Waals surface area contributed by atoms with Crippen LogP contribution in [0.15, 0.2) is 16.7 Å². The van der Waals surface area contributed by atoms with Crippen LogP contribution in [0.4, 0.5) is 0 Å². The van der Waals surface area contributed by atoms with Gasteiger partial charge in [-0.15, -0.1) is 0 Å². The Bertz CT molecular complexity index is 464. The van der Waals surface area contributed by atoms with Gasteiger partial charge in [-0.3, -0.25) is 4.79 Å². The molecule has 1 aliphatic rings. The summed E-state index contributed by atoms with van der Waals surface area (Å²) in [4.78, 5) is 12.5.